The summed E-state index contributed by atoms with van der Waals surface area (Å²) < 4.78 is 11.1. The fraction of sp³-hybridized carbons (Fsp3) is 0.625. The van der Waals surface area contributed by atoms with Crippen LogP contribution < -0.4 is 14.8 Å². The summed E-state index contributed by atoms with van der Waals surface area (Å²) in [4.78, 5) is 11.3. The summed E-state index contributed by atoms with van der Waals surface area (Å²) in [5, 5.41) is 10.8. The number of likely N-dealkylation sites (tertiary alicyclic amines) is 1. The number of methoxy groups -OCH3 is 2. The van der Waals surface area contributed by atoms with Crippen LogP contribution in [0.1, 0.15) is 62.3 Å². The lowest BCUT2D eigenvalue weighted by Crippen LogP contribution is -2.50. The average Bonchev–Trinajstić information content (AvgIpc) is 3.40. The molecule has 2 aliphatic rings. The number of ether oxygens (including phenoxy) is 2. The molecule has 0 bridgehead atoms. The summed E-state index contributed by atoms with van der Waals surface area (Å²) in [6.07, 6.45) is 9.83. The lowest BCUT2D eigenvalue weighted by molar-refractivity contribution is 0.272. The van der Waals surface area contributed by atoms with Crippen LogP contribution in [-0.2, 0) is 5.41 Å². The average molecular weight is 569 g/mol. The maximum absolute atomic E-state index is 5.61. The third kappa shape index (κ3) is 5.73. The molecule has 2 N–H and O–H groups in total. The SMILES string of the molecule is CN=C(NCC1(c2ccc(OC)c(OC)c2)CCCCC1)N1CCC(c2ncn[nH]2)CC1.I. The highest BCUT2D eigenvalue weighted by Gasteiger charge is 2.35. The Bertz CT molecular complexity index is 890. The van der Waals surface area contributed by atoms with Crippen LogP contribution in [0, 0.1) is 0 Å². The molecule has 2 fully saturated rings. The van der Waals surface area contributed by atoms with Crippen LogP contribution in [-0.4, -0.2) is 66.9 Å². The molecule has 0 amide bonds. The molecule has 8 nitrogen and oxygen atoms in total. The number of aromatic nitrogens is 3. The second kappa shape index (κ2) is 11.9. The van der Waals surface area contributed by atoms with Crippen molar-refractivity contribution in [3.8, 4) is 11.5 Å². The first kappa shape index (κ1) is 25.6. The third-order valence-electron chi connectivity index (χ3n) is 7.22. The van der Waals surface area contributed by atoms with Crippen molar-refractivity contribution in [1.29, 1.82) is 0 Å². The van der Waals surface area contributed by atoms with E-state index in [-0.39, 0.29) is 29.4 Å². The van der Waals surface area contributed by atoms with E-state index in [9.17, 15) is 0 Å². The summed E-state index contributed by atoms with van der Waals surface area (Å²) in [6.45, 7) is 2.81. The molecule has 0 atom stereocenters. The van der Waals surface area contributed by atoms with E-state index in [2.05, 4.69) is 42.5 Å². The molecule has 1 saturated carbocycles. The number of nitrogens with one attached hydrogen (secondary N) is 2. The van der Waals surface area contributed by atoms with Gasteiger partial charge in [0, 0.05) is 38.0 Å². The van der Waals surface area contributed by atoms with Crippen molar-refractivity contribution in [3.05, 3.63) is 35.9 Å². The third-order valence-corrected chi connectivity index (χ3v) is 7.22. The molecule has 1 saturated heterocycles. The normalized spacial score (nSPS) is 19.0. The molecule has 2 heterocycles. The number of guanidine groups is 1. The molecule has 0 radical (unpaired) electrons. The number of rotatable bonds is 6. The number of benzene rings is 1. The van der Waals surface area contributed by atoms with Gasteiger partial charge in [0.15, 0.2) is 17.5 Å². The van der Waals surface area contributed by atoms with Gasteiger partial charge in [-0.2, -0.15) is 5.10 Å². The quantitative estimate of drug-likeness (QED) is 0.310. The minimum absolute atomic E-state index is 0. The second-order valence-electron chi connectivity index (χ2n) is 8.94. The van der Waals surface area contributed by atoms with Crippen molar-refractivity contribution in [3.63, 3.8) is 0 Å². The molecule has 0 unspecified atom stereocenters. The highest BCUT2D eigenvalue weighted by molar-refractivity contribution is 14.0. The monoisotopic (exact) mass is 568 g/mol. The standard InChI is InChI=1S/C24H36N6O2.HI/c1-25-23(30-13-9-18(10-14-30)22-27-17-28-29-22)26-16-24(11-5-4-6-12-24)19-7-8-20(31-2)21(15-19)32-3;/h7-8,15,17-18H,4-6,9-14,16H2,1-3H3,(H,25,26)(H,27,28,29);1H. The van der Waals surface area contributed by atoms with Crippen molar-refractivity contribution in [2.45, 2.75) is 56.3 Å². The van der Waals surface area contributed by atoms with Gasteiger partial charge in [-0.05, 0) is 43.4 Å². The van der Waals surface area contributed by atoms with E-state index < -0.39 is 0 Å². The van der Waals surface area contributed by atoms with Crippen molar-refractivity contribution >= 4 is 29.9 Å². The highest BCUT2D eigenvalue weighted by Crippen LogP contribution is 2.42. The molecule has 9 heteroatoms. The summed E-state index contributed by atoms with van der Waals surface area (Å²) >= 11 is 0. The fourth-order valence-corrected chi connectivity index (χ4v) is 5.32. The maximum Gasteiger partial charge on any atom is 0.193 e. The van der Waals surface area contributed by atoms with Gasteiger partial charge < -0.3 is 19.7 Å². The Kier molecular flexibility index (Phi) is 9.22. The lowest BCUT2D eigenvalue weighted by atomic mass is 9.69. The van der Waals surface area contributed by atoms with Gasteiger partial charge in [0.2, 0.25) is 0 Å². The number of aromatic amines is 1. The van der Waals surface area contributed by atoms with Crippen LogP contribution in [0.15, 0.2) is 29.5 Å². The molecule has 1 aromatic heterocycles. The summed E-state index contributed by atoms with van der Waals surface area (Å²) in [5.74, 6) is 4.02. The number of H-pyrrole nitrogens is 1. The first-order valence-corrected chi connectivity index (χ1v) is 11.7. The number of halogens is 1. The Morgan fingerprint density at radius 2 is 1.88 bits per heavy atom. The van der Waals surface area contributed by atoms with Gasteiger partial charge in [0.25, 0.3) is 0 Å². The zero-order chi connectivity index (χ0) is 22.4. The molecular weight excluding hydrogens is 531 g/mol. The summed E-state index contributed by atoms with van der Waals surface area (Å²) in [5.41, 5.74) is 1.40. The number of aliphatic imine (C=N–C) groups is 1. The van der Waals surface area contributed by atoms with Crippen LogP contribution in [0.4, 0.5) is 0 Å². The summed E-state index contributed by atoms with van der Waals surface area (Å²) in [6, 6.07) is 6.41. The van der Waals surface area contributed by atoms with Crippen molar-refractivity contribution in [2.75, 3.05) is 40.9 Å². The van der Waals surface area contributed by atoms with Gasteiger partial charge in [-0.25, -0.2) is 4.98 Å². The summed E-state index contributed by atoms with van der Waals surface area (Å²) in [7, 11) is 5.28. The zero-order valence-corrected chi connectivity index (χ0v) is 22.3. The van der Waals surface area contributed by atoms with Crippen LogP contribution in [0.25, 0.3) is 0 Å². The van der Waals surface area contributed by atoms with Crippen LogP contribution in [0.5, 0.6) is 11.5 Å². The minimum Gasteiger partial charge on any atom is -0.493 e. The van der Waals surface area contributed by atoms with Gasteiger partial charge >= 0.3 is 0 Å². The molecule has 0 spiro atoms. The molecule has 1 aliphatic carbocycles. The number of hydrogen-bond donors (Lipinski definition) is 2. The Balaban J connectivity index is 0.00000306. The van der Waals surface area contributed by atoms with E-state index >= 15 is 0 Å². The molecule has 1 aliphatic heterocycles. The van der Waals surface area contributed by atoms with E-state index in [4.69, 9.17) is 9.47 Å². The van der Waals surface area contributed by atoms with Crippen molar-refractivity contribution < 1.29 is 9.47 Å². The molecule has 2 aromatic rings. The molecule has 1 aromatic carbocycles. The number of piperidine rings is 1. The molecule has 182 valence electrons. The lowest BCUT2D eigenvalue weighted by Gasteiger charge is -2.40. The minimum atomic E-state index is 0. The Hall–Kier alpha value is -2.04. The van der Waals surface area contributed by atoms with E-state index in [1.54, 1.807) is 20.5 Å². The number of hydrogen-bond acceptors (Lipinski definition) is 5. The van der Waals surface area contributed by atoms with Crippen molar-refractivity contribution in [2.24, 2.45) is 4.99 Å². The Labute approximate surface area is 214 Å². The predicted octanol–water partition coefficient (Wildman–Crippen LogP) is 4.10. The number of nitrogens with zero attached hydrogens (tertiary/aromatic N) is 4. The maximum atomic E-state index is 5.61. The van der Waals surface area contributed by atoms with Gasteiger partial charge in [0.1, 0.15) is 12.2 Å². The van der Waals surface area contributed by atoms with E-state index in [1.165, 1.54) is 37.7 Å². The van der Waals surface area contributed by atoms with E-state index in [0.717, 1.165) is 55.8 Å². The Morgan fingerprint density at radius 1 is 1.15 bits per heavy atom. The topological polar surface area (TPSA) is 87.7 Å². The van der Waals surface area contributed by atoms with Gasteiger partial charge in [-0.3, -0.25) is 10.1 Å². The smallest absolute Gasteiger partial charge is 0.193 e. The first-order valence-electron chi connectivity index (χ1n) is 11.7. The largest absolute Gasteiger partial charge is 0.493 e. The van der Waals surface area contributed by atoms with Gasteiger partial charge in [0.05, 0.1) is 14.2 Å². The Morgan fingerprint density at radius 3 is 2.48 bits per heavy atom. The second-order valence-corrected chi connectivity index (χ2v) is 8.94. The molecule has 4 rings (SSSR count). The van der Waals surface area contributed by atoms with Crippen LogP contribution in [0.2, 0.25) is 0 Å². The van der Waals surface area contributed by atoms with Gasteiger partial charge in [-0.15, -0.1) is 24.0 Å². The van der Waals surface area contributed by atoms with Crippen LogP contribution >= 0.6 is 24.0 Å². The zero-order valence-electron chi connectivity index (χ0n) is 20.0. The molecular formula is C24H37IN6O2. The van der Waals surface area contributed by atoms with E-state index in [1.807, 2.05) is 13.1 Å². The predicted molar refractivity (Wildman–Crippen MR) is 141 cm³/mol. The van der Waals surface area contributed by atoms with Crippen molar-refractivity contribution in [1.82, 2.24) is 25.4 Å². The highest BCUT2D eigenvalue weighted by atomic mass is 127. The fourth-order valence-electron chi connectivity index (χ4n) is 5.32. The van der Waals surface area contributed by atoms with Gasteiger partial charge in [-0.1, -0.05) is 25.3 Å². The molecule has 33 heavy (non-hydrogen) atoms. The first-order chi connectivity index (χ1) is 15.7. The van der Waals surface area contributed by atoms with E-state index in [0.29, 0.717) is 5.92 Å². The van der Waals surface area contributed by atoms with Crippen LogP contribution in [0.3, 0.4) is 0 Å².